The Hall–Kier alpha value is -1.75. The van der Waals surface area contributed by atoms with E-state index in [0.717, 1.165) is 10.6 Å². The Kier molecular flexibility index (Phi) is 4.96. The van der Waals surface area contributed by atoms with Crippen LogP contribution in [0.5, 0.6) is 0 Å². The fourth-order valence-electron chi connectivity index (χ4n) is 2.05. The molecule has 0 saturated carbocycles. The molecule has 5 heteroatoms. The average Bonchev–Trinajstić information content (AvgIpc) is 2.85. The Bertz CT molecular complexity index is 639. The molecule has 2 rings (SSSR count). The predicted octanol–water partition coefficient (Wildman–Crippen LogP) is 4.70. The van der Waals surface area contributed by atoms with Crippen LogP contribution in [0.1, 0.15) is 52.5 Å². The second-order valence-electron chi connectivity index (χ2n) is 6.97. The summed E-state index contributed by atoms with van der Waals surface area (Å²) in [6.07, 6.45) is 0.463. The molecule has 0 fully saturated rings. The lowest BCUT2D eigenvalue weighted by Gasteiger charge is -2.16. The fraction of sp³-hybridized carbons (Fsp3) is 0.471. The van der Waals surface area contributed by atoms with E-state index in [1.54, 1.807) is 0 Å². The Labute approximate surface area is 136 Å². The third kappa shape index (κ3) is 4.63. The maximum atomic E-state index is 11.9. The van der Waals surface area contributed by atoms with E-state index in [4.69, 9.17) is 0 Å². The van der Waals surface area contributed by atoms with Crippen LogP contribution in [0.2, 0.25) is 0 Å². The minimum absolute atomic E-state index is 0.0228. The van der Waals surface area contributed by atoms with Gasteiger partial charge in [0.1, 0.15) is 5.01 Å². The minimum Gasteiger partial charge on any atom is -0.301 e. The van der Waals surface area contributed by atoms with Gasteiger partial charge in [-0.3, -0.25) is 4.79 Å². The maximum absolute atomic E-state index is 11.9. The van der Waals surface area contributed by atoms with Crippen LogP contribution in [0.4, 0.5) is 5.13 Å². The third-order valence-corrected chi connectivity index (χ3v) is 4.07. The summed E-state index contributed by atoms with van der Waals surface area (Å²) < 4.78 is 0. The highest BCUT2D eigenvalue weighted by molar-refractivity contribution is 7.18. The second kappa shape index (κ2) is 6.57. The number of carbonyl (C=O) groups is 1. The van der Waals surface area contributed by atoms with Crippen LogP contribution in [0.25, 0.3) is 10.6 Å². The van der Waals surface area contributed by atoms with E-state index in [2.05, 4.69) is 53.6 Å². The largest absolute Gasteiger partial charge is 0.301 e. The highest BCUT2D eigenvalue weighted by atomic mass is 32.1. The zero-order valence-electron chi connectivity index (χ0n) is 13.8. The minimum atomic E-state index is -0.0374. The van der Waals surface area contributed by atoms with Crippen molar-refractivity contribution in [1.82, 2.24) is 10.2 Å². The lowest BCUT2D eigenvalue weighted by atomic mass is 9.92. The number of nitrogens with zero attached hydrogens (tertiary/aromatic N) is 2. The molecule has 0 atom stereocenters. The molecule has 4 nitrogen and oxygen atoms in total. The molecule has 118 valence electrons. The van der Waals surface area contributed by atoms with Crippen LogP contribution >= 0.6 is 11.3 Å². The van der Waals surface area contributed by atoms with E-state index in [9.17, 15) is 4.79 Å². The van der Waals surface area contributed by atoms with Crippen LogP contribution < -0.4 is 5.32 Å². The van der Waals surface area contributed by atoms with Crippen molar-refractivity contribution in [1.29, 1.82) is 0 Å². The van der Waals surface area contributed by atoms with Gasteiger partial charge < -0.3 is 5.32 Å². The van der Waals surface area contributed by atoms with E-state index < -0.39 is 0 Å². The summed E-state index contributed by atoms with van der Waals surface area (Å²) in [5.41, 5.74) is 2.29. The van der Waals surface area contributed by atoms with Gasteiger partial charge in [0, 0.05) is 12.0 Å². The van der Waals surface area contributed by atoms with Gasteiger partial charge in [-0.15, -0.1) is 10.2 Å². The number of hydrogen-bond acceptors (Lipinski definition) is 4. The summed E-state index contributed by atoms with van der Waals surface area (Å²) in [6, 6.07) is 8.33. The molecule has 0 aliphatic carbocycles. The normalized spacial score (nSPS) is 11.7. The molecule has 1 N–H and O–H groups in total. The van der Waals surface area contributed by atoms with Crippen molar-refractivity contribution >= 4 is 22.4 Å². The first-order valence-electron chi connectivity index (χ1n) is 7.48. The number of hydrogen-bond donors (Lipinski definition) is 1. The quantitative estimate of drug-likeness (QED) is 0.889. The molecular formula is C17H23N3OS. The molecule has 1 aromatic carbocycles. The van der Waals surface area contributed by atoms with E-state index >= 15 is 0 Å². The monoisotopic (exact) mass is 317 g/mol. The first-order valence-corrected chi connectivity index (χ1v) is 8.30. The molecule has 0 unspecified atom stereocenters. The van der Waals surface area contributed by atoms with Gasteiger partial charge in [0.25, 0.3) is 0 Å². The van der Waals surface area contributed by atoms with Crippen molar-refractivity contribution < 1.29 is 4.79 Å². The van der Waals surface area contributed by atoms with E-state index in [0.29, 0.717) is 17.5 Å². The van der Waals surface area contributed by atoms with Crippen LogP contribution in [0.15, 0.2) is 24.3 Å². The Balaban J connectivity index is 2.06. The smallest absolute Gasteiger partial charge is 0.226 e. The fourth-order valence-corrected chi connectivity index (χ4v) is 2.81. The second-order valence-corrected chi connectivity index (χ2v) is 7.95. The highest BCUT2D eigenvalue weighted by Gasteiger charge is 2.17. The summed E-state index contributed by atoms with van der Waals surface area (Å²) in [4.78, 5) is 11.9. The molecule has 1 heterocycles. The van der Waals surface area contributed by atoms with Gasteiger partial charge in [-0.05, 0) is 16.9 Å². The number of aromatic nitrogens is 2. The zero-order valence-corrected chi connectivity index (χ0v) is 14.6. The molecule has 0 aliphatic heterocycles. The van der Waals surface area contributed by atoms with Crippen molar-refractivity contribution in [3.05, 3.63) is 29.8 Å². The molecule has 0 bridgehead atoms. The molecule has 0 spiro atoms. The number of benzene rings is 1. The molecule has 0 radical (unpaired) electrons. The molecule has 22 heavy (non-hydrogen) atoms. The van der Waals surface area contributed by atoms with Crippen molar-refractivity contribution in [3.63, 3.8) is 0 Å². The summed E-state index contributed by atoms with van der Waals surface area (Å²) in [5, 5.41) is 12.4. The first-order chi connectivity index (χ1) is 10.2. The topological polar surface area (TPSA) is 54.9 Å². The summed E-state index contributed by atoms with van der Waals surface area (Å²) >= 11 is 1.40. The van der Waals surface area contributed by atoms with Gasteiger partial charge in [-0.25, -0.2) is 0 Å². The van der Waals surface area contributed by atoms with Gasteiger partial charge in [0.05, 0.1) is 0 Å². The maximum Gasteiger partial charge on any atom is 0.226 e. The number of rotatable bonds is 4. The van der Waals surface area contributed by atoms with Crippen molar-refractivity contribution in [2.45, 2.75) is 47.0 Å². The van der Waals surface area contributed by atoms with Gasteiger partial charge >= 0.3 is 0 Å². The van der Waals surface area contributed by atoms with Crippen LogP contribution in [-0.2, 0) is 4.79 Å². The molecule has 0 saturated heterocycles. The summed E-state index contributed by atoms with van der Waals surface area (Å²) in [5.74, 6) is 0.487. The molecule has 2 aromatic rings. The Morgan fingerprint density at radius 2 is 1.82 bits per heavy atom. The van der Waals surface area contributed by atoms with E-state index in [-0.39, 0.29) is 11.3 Å². The standard InChI is InChI=1S/C17H23N3OS/c1-11(2)12-6-8-13(9-7-12)15-19-20-16(22-15)18-14(21)10-17(3,4)5/h6-9,11H,10H2,1-5H3,(H,18,20,21). The van der Waals surface area contributed by atoms with Gasteiger partial charge in [-0.2, -0.15) is 0 Å². The molecular weight excluding hydrogens is 294 g/mol. The lowest BCUT2D eigenvalue weighted by Crippen LogP contribution is -2.19. The SMILES string of the molecule is CC(C)c1ccc(-c2nnc(NC(=O)CC(C)(C)C)s2)cc1. The van der Waals surface area contributed by atoms with Crippen LogP contribution in [0.3, 0.4) is 0 Å². The lowest BCUT2D eigenvalue weighted by molar-refractivity contribution is -0.117. The van der Waals surface area contributed by atoms with Crippen molar-refractivity contribution in [2.75, 3.05) is 5.32 Å². The number of anilines is 1. The Morgan fingerprint density at radius 1 is 1.18 bits per heavy atom. The average molecular weight is 317 g/mol. The van der Waals surface area contributed by atoms with Crippen molar-refractivity contribution in [3.8, 4) is 10.6 Å². The van der Waals surface area contributed by atoms with Crippen LogP contribution in [-0.4, -0.2) is 16.1 Å². The van der Waals surface area contributed by atoms with E-state index in [1.807, 2.05) is 20.8 Å². The van der Waals surface area contributed by atoms with Gasteiger partial charge in [0.2, 0.25) is 11.0 Å². The summed E-state index contributed by atoms with van der Waals surface area (Å²) in [7, 11) is 0. The summed E-state index contributed by atoms with van der Waals surface area (Å²) in [6.45, 7) is 10.4. The third-order valence-electron chi connectivity index (χ3n) is 3.19. The molecule has 1 aromatic heterocycles. The first kappa shape index (κ1) is 16.6. The number of carbonyl (C=O) groups excluding carboxylic acids is 1. The van der Waals surface area contributed by atoms with Gasteiger partial charge in [0.15, 0.2) is 0 Å². The highest BCUT2D eigenvalue weighted by Crippen LogP contribution is 2.28. The van der Waals surface area contributed by atoms with Gasteiger partial charge in [-0.1, -0.05) is 70.2 Å². The zero-order chi connectivity index (χ0) is 16.3. The number of amides is 1. The van der Waals surface area contributed by atoms with Crippen LogP contribution in [0, 0.1) is 5.41 Å². The predicted molar refractivity (Wildman–Crippen MR) is 92.1 cm³/mol. The number of nitrogens with one attached hydrogen (secondary N) is 1. The molecule has 1 amide bonds. The van der Waals surface area contributed by atoms with Crippen molar-refractivity contribution in [2.24, 2.45) is 5.41 Å². The molecule has 0 aliphatic rings. The Morgan fingerprint density at radius 3 is 2.36 bits per heavy atom. The van der Waals surface area contributed by atoms with E-state index in [1.165, 1.54) is 16.9 Å².